The molecule has 15 heavy (non-hydrogen) atoms. The predicted molar refractivity (Wildman–Crippen MR) is 55.2 cm³/mol. The van der Waals surface area contributed by atoms with E-state index in [4.69, 9.17) is 4.74 Å². The summed E-state index contributed by atoms with van der Waals surface area (Å²) in [6.45, 7) is 3.91. The second-order valence-corrected chi connectivity index (χ2v) is 4.27. The van der Waals surface area contributed by atoms with Crippen molar-refractivity contribution in [1.82, 2.24) is 0 Å². The maximum atomic E-state index is 11.2. The lowest BCUT2D eigenvalue weighted by Gasteiger charge is -2.35. The molecule has 4 nitrogen and oxygen atoms in total. The second kappa shape index (κ2) is 5.47. The van der Waals surface area contributed by atoms with Crippen molar-refractivity contribution in [2.75, 3.05) is 0 Å². The van der Waals surface area contributed by atoms with Gasteiger partial charge in [0.1, 0.15) is 6.10 Å². The van der Waals surface area contributed by atoms with Crippen LogP contribution in [0.25, 0.3) is 0 Å². The number of carbonyl (C=O) groups excluding carboxylic acids is 1. The molecule has 2 N–H and O–H groups in total. The number of rotatable bonds is 4. The molecule has 1 aliphatic heterocycles. The molecule has 0 spiro atoms. The topological polar surface area (TPSA) is 66.8 Å². The van der Waals surface area contributed by atoms with Crippen LogP contribution in [-0.2, 0) is 9.53 Å². The average molecular weight is 216 g/mol. The zero-order valence-corrected chi connectivity index (χ0v) is 9.35. The van der Waals surface area contributed by atoms with Gasteiger partial charge in [-0.3, -0.25) is 0 Å². The minimum Gasteiger partial charge on any atom is -0.460 e. The lowest BCUT2D eigenvalue weighted by Crippen LogP contribution is -2.51. The average Bonchev–Trinajstić information content (AvgIpc) is 2.23. The number of carbonyl (C=O) groups is 1. The summed E-state index contributed by atoms with van der Waals surface area (Å²) < 4.78 is 5.08. The molecule has 0 radical (unpaired) electrons. The van der Waals surface area contributed by atoms with Gasteiger partial charge in [0.2, 0.25) is 0 Å². The Labute approximate surface area is 90.2 Å². The highest BCUT2D eigenvalue weighted by Crippen LogP contribution is 2.26. The minimum absolute atomic E-state index is 0.186. The molecule has 0 aromatic heterocycles. The van der Waals surface area contributed by atoms with Crippen molar-refractivity contribution >= 4 is 5.97 Å². The summed E-state index contributed by atoms with van der Waals surface area (Å²) in [4.78, 5) is 11.2. The van der Waals surface area contributed by atoms with E-state index in [9.17, 15) is 15.0 Å². The lowest BCUT2D eigenvalue weighted by molar-refractivity contribution is -0.189. The molecular weight excluding hydrogens is 196 g/mol. The quantitative estimate of drug-likeness (QED) is 0.540. The molecule has 1 saturated heterocycles. The fraction of sp³-hybridized carbons (Fsp3) is 0.909. The number of esters is 1. The third-order valence-electron chi connectivity index (χ3n) is 3.05. The van der Waals surface area contributed by atoms with Gasteiger partial charge in [-0.15, -0.1) is 0 Å². The number of hydrogen-bond donors (Lipinski definition) is 2. The fourth-order valence-electron chi connectivity index (χ4n) is 1.89. The molecule has 0 amide bonds. The standard InChI is InChI=1S/C11H20O4/c1-3-4-5-6-8-7(2)9(12)10(13)11(14)15-8/h7-10,12-13H,3-6H2,1-2H3/t7-,8-,9-,10-/m0/s1. The highest BCUT2D eigenvalue weighted by atomic mass is 16.6. The van der Waals surface area contributed by atoms with E-state index in [0.29, 0.717) is 0 Å². The Hall–Kier alpha value is -0.610. The van der Waals surface area contributed by atoms with Crippen molar-refractivity contribution in [3.8, 4) is 0 Å². The summed E-state index contributed by atoms with van der Waals surface area (Å²) in [6, 6.07) is 0. The van der Waals surface area contributed by atoms with Gasteiger partial charge in [-0.25, -0.2) is 4.79 Å². The van der Waals surface area contributed by atoms with Gasteiger partial charge in [-0.1, -0.05) is 26.7 Å². The van der Waals surface area contributed by atoms with Gasteiger partial charge < -0.3 is 14.9 Å². The van der Waals surface area contributed by atoms with Crippen LogP contribution in [0.1, 0.15) is 39.5 Å². The van der Waals surface area contributed by atoms with Crippen molar-refractivity contribution in [3.63, 3.8) is 0 Å². The summed E-state index contributed by atoms with van der Waals surface area (Å²) in [6.07, 6.45) is 1.36. The smallest absolute Gasteiger partial charge is 0.337 e. The zero-order chi connectivity index (χ0) is 11.4. The number of aliphatic hydroxyl groups is 2. The Morgan fingerprint density at radius 3 is 2.60 bits per heavy atom. The first-order chi connectivity index (χ1) is 7.07. The maximum Gasteiger partial charge on any atom is 0.337 e. The van der Waals surface area contributed by atoms with Crippen LogP contribution in [0.4, 0.5) is 0 Å². The van der Waals surface area contributed by atoms with Crippen molar-refractivity contribution < 1.29 is 19.7 Å². The summed E-state index contributed by atoms with van der Waals surface area (Å²) in [7, 11) is 0. The molecule has 0 unspecified atom stereocenters. The van der Waals surface area contributed by atoms with Crippen molar-refractivity contribution in [3.05, 3.63) is 0 Å². The van der Waals surface area contributed by atoms with Gasteiger partial charge in [-0.05, 0) is 12.8 Å². The molecule has 1 heterocycles. The first kappa shape index (κ1) is 12.5. The number of cyclic esters (lactones) is 1. The van der Waals surface area contributed by atoms with Crippen LogP contribution in [-0.4, -0.2) is 34.5 Å². The monoisotopic (exact) mass is 216 g/mol. The van der Waals surface area contributed by atoms with Crippen LogP contribution in [0.3, 0.4) is 0 Å². The molecule has 1 rings (SSSR count). The van der Waals surface area contributed by atoms with Crippen molar-refractivity contribution in [2.24, 2.45) is 5.92 Å². The molecule has 4 atom stereocenters. The van der Waals surface area contributed by atoms with Crippen LogP contribution >= 0.6 is 0 Å². The van der Waals surface area contributed by atoms with Crippen LogP contribution in [0.5, 0.6) is 0 Å². The van der Waals surface area contributed by atoms with Gasteiger partial charge in [0, 0.05) is 5.92 Å². The Morgan fingerprint density at radius 2 is 2.00 bits per heavy atom. The van der Waals surface area contributed by atoms with Crippen molar-refractivity contribution in [2.45, 2.75) is 57.8 Å². The largest absolute Gasteiger partial charge is 0.460 e. The zero-order valence-electron chi connectivity index (χ0n) is 9.35. The number of ether oxygens (including phenoxy) is 1. The molecule has 1 fully saturated rings. The molecule has 0 saturated carbocycles. The Balaban J connectivity index is 2.47. The highest BCUT2D eigenvalue weighted by Gasteiger charge is 2.41. The molecular formula is C11H20O4. The first-order valence-corrected chi connectivity index (χ1v) is 5.64. The first-order valence-electron chi connectivity index (χ1n) is 5.64. The van der Waals surface area contributed by atoms with Crippen LogP contribution in [0.15, 0.2) is 0 Å². The normalized spacial score (nSPS) is 36.4. The van der Waals surface area contributed by atoms with E-state index >= 15 is 0 Å². The second-order valence-electron chi connectivity index (χ2n) is 4.27. The lowest BCUT2D eigenvalue weighted by atomic mass is 9.88. The molecule has 4 heteroatoms. The minimum atomic E-state index is -1.37. The SMILES string of the molecule is CCCCC[C@@H]1OC(=O)[C@@H](O)[C@@H](O)[C@H]1C. The summed E-state index contributed by atoms with van der Waals surface area (Å²) >= 11 is 0. The van der Waals surface area contributed by atoms with Gasteiger partial charge in [0.05, 0.1) is 6.10 Å². The van der Waals surface area contributed by atoms with E-state index in [1.807, 2.05) is 0 Å². The van der Waals surface area contributed by atoms with Crippen molar-refractivity contribution in [1.29, 1.82) is 0 Å². The summed E-state index contributed by atoms with van der Waals surface area (Å²) in [5.41, 5.74) is 0. The van der Waals surface area contributed by atoms with E-state index in [-0.39, 0.29) is 12.0 Å². The third-order valence-corrected chi connectivity index (χ3v) is 3.05. The van der Waals surface area contributed by atoms with E-state index in [1.54, 1.807) is 6.92 Å². The molecule has 0 bridgehead atoms. The predicted octanol–water partition coefficient (Wildman–Crippen LogP) is 0.850. The molecule has 0 aromatic rings. The Morgan fingerprint density at radius 1 is 1.33 bits per heavy atom. The maximum absolute atomic E-state index is 11.2. The van der Waals surface area contributed by atoms with E-state index in [0.717, 1.165) is 25.7 Å². The Kier molecular flexibility index (Phi) is 4.54. The fourth-order valence-corrected chi connectivity index (χ4v) is 1.89. The van der Waals surface area contributed by atoms with E-state index < -0.39 is 18.2 Å². The summed E-state index contributed by atoms with van der Waals surface area (Å²) in [5.74, 6) is -0.878. The molecule has 88 valence electrons. The molecule has 1 aliphatic rings. The van der Waals surface area contributed by atoms with Gasteiger partial charge in [0.15, 0.2) is 6.10 Å². The van der Waals surface area contributed by atoms with Gasteiger partial charge in [0.25, 0.3) is 0 Å². The number of unbranched alkanes of at least 4 members (excludes halogenated alkanes) is 2. The molecule has 0 aliphatic carbocycles. The van der Waals surface area contributed by atoms with E-state index in [1.165, 1.54) is 0 Å². The van der Waals surface area contributed by atoms with Crippen LogP contribution in [0.2, 0.25) is 0 Å². The number of hydrogen-bond acceptors (Lipinski definition) is 4. The van der Waals surface area contributed by atoms with Crippen LogP contribution < -0.4 is 0 Å². The third kappa shape index (κ3) is 2.92. The summed E-state index contributed by atoms with van der Waals surface area (Å²) in [5, 5.41) is 18.9. The highest BCUT2D eigenvalue weighted by molar-refractivity contribution is 5.76. The van der Waals surface area contributed by atoms with E-state index in [2.05, 4.69) is 6.92 Å². The van der Waals surface area contributed by atoms with Gasteiger partial charge >= 0.3 is 5.97 Å². The Bertz CT molecular complexity index is 217. The van der Waals surface area contributed by atoms with Crippen LogP contribution in [0, 0.1) is 5.92 Å². The van der Waals surface area contributed by atoms with Gasteiger partial charge in [-0.2, -0.15) is 0 Å². The number of aliphatic hydroxyl groups excluding tert-OH is 2. The molecule has 0 aromatic carbocycles.